The van der Waals surface area contributed by atoms with Crippen molar-refractivity contribution in [2.75, 3.05) is 5.32 Å². The number of rotatable bonds is 4. The third-order valence-electron chi connectivity index (χ3n) is 3.03. The number of anilines is 1. The number of nitrogens with zero attached hydrogens (tertiary/aromatic N) is 3. The molecule has 2 heterocycles. The minimum Gasteiger partial charge on any atom is -0.366 e. The molecule has 0 atom stereocenters. The Balaban J connectivity index is 1.83. The van der Waals surface area contributed by atoms with Crippen molar-refractivity contribution < 1.29 is 0 Å². The number of hydrogen-bond acceptors (Lipinski definition) is 4. The molecule has 3 aromatic rings. The van der Waals surface area contributed by atoms with E-state index < -0.39 is 0 Å². The Bertz CT molecular complexity index is 778. The molecule has 0 fully saturated rings. The average molecular weight is 331 g/mol. The molecular formula is C16H12Cl2N4. The summed E-state index contributed by atoms with van der Waals surface area (Å²) in [5.74, 6) is 1.17. The van der Waals surface area contributed by atoms with Crippen molar-refractivity contribution in [3.63, 3.8) is 0 Å². The van der Waals surface area contributed by atoms with E-state index in [1.807, 2.05) is 36.4 Å². The molecule has 0 saturated heterocycles. The molecule has 1 N–H and O–H groups in total. The maximum Gasteiger partial charge on any atom is 0.164 e. The summed E-state index contributed by atoms with van der Waals surface area (Å²) in [4.78, 5) is 12.7. The van der Waals surface area contributed by atoms with Gasteiger partial charge in [-0.05, 0) is 23.8 Å². The molecule has 0 aliphatic carbocycles. The Morgan fingerprint density at radius 1 is 1.00 bits per heavy atom. The molecule has 22 heavy (non-hydrogen) atoms. The Morgan fingerprint density at radius 2 is 1.86 bits per heavy atom. The first-order valence-corrected chi connectivity index (χ1v) is 7.40. The molecule has 0 radical (unpaired) electrons. The van der Waals surface area contributed by atoms with Gasteiger partial charge in [0.1, 0.15) is 11.0 Å². The molecule has 4 nitrogen and oxygen atoms in total. The van der Waals surface area contributed by atoms with Crippen molar-refractivity contribution in [2.24, 2.45) is 0 Å². The van der Waals surface area contributed by atoms with E-state index in [0.717, 1.165) is 11.1 Å². The van der Waals surface area contributed by atoms with Crippen LogP contribution in [0.4, 0.5) is 5.82 Å². The zero-order chi connectivity index (χ0) is 15.4. The summed E-state index contributed by atoms with van der Waals surface area (Å²) in [5.41, 5.74) is 1.80. The van der Waals surface area contributed by atoms with Gasteiger partial charge in [-0.25, -0.2) is 9.97 Å². The molecule has 3 rings (SSSR count). The van der Waals surface area contributed by atoms with Crippen LogP contribution in [-0.4, -0.2) is 15.0 Å². The number of aromatic nitrogens is 3. The van der Waals surface area contributed by atoms with Crippen molar-refractivity contribution in [2.45, 2.75) is 6.54 Å². The van der Waals surface area contributed by atoms with E-state index in [1.165, 1.54) is 0 Å². The first-order chi connectivity index (χ1) is 10.7. The van der Waals surface area contributed by atoms with Crippen molar-refractivity contribution in [1.29, 1.82) is 0 Å². The Morgan fingerprint density at radius 3 is 2.64 bits per heavy atom. The minimum atomic E-state index is 0.371. The lowest BCUT2D eigenvalue weighted by Crippen LogP contribution is -2.03. The molecule has 0 unspecified atom stereocenters. The van der Waals surface area contributed by atoms with Crippen LogP contribution in [0.25, 0.3) is 11.4 Å². The molecule has 0 saturated carbocycles. The number of halogens is 2. The van der Waals surface area contributed by atoms with Crippen molar-refractivity contribution in [3.8, 4) is 11.4 Å². The summed E-state index contributed by atoms with van der Waals surface area (Å²) < 4.78 is 0. The van der Waals surface area contributed by atoms with Gasteiger partial charge in [-0.1, -0.05) is 41.4 Å². The molecule has 0 spiro atoms. The highest BCUT2D eigenvalue weighted by Gasteiger charge is 2.06. The van der Waals surface area contributed by atoms with Crippen LogP contribution in [0.1, 0.15) is 5.56 Å². The zero-order valence-corrected chi connectivity index (χ0v) is 13.0. The van der Waals surface area contributed by atoms with Crippen LogP contribution in [-0.2, 0) is 6.54 Å². The van der Waals surface area contributed by atoms with Gasteiger partial charge in [-0.15, -0.1) is 0 Å². The number of pyridine rings is 1. The quantitative estimate of drug-likeness (QED) is 0.717. The van der Waals surface area contributed by atoms with Crippen LogP contribution in [0.15, 0.2) is 54.9 Å². The normalized spacial score (nSPS) is 10.5. The summed E-state index contributed by atoms with van der Waals surface area (Å²) >= 11 is 12.2. The Hall–Kier alpha value is -2.17. The minimum absolute atomic E-state index is 0.371. The molecule has 0 aliphatic rings. The summed E-state index contributed by atoms with van der Waals surface area (Å²) in [6.07, 6.45) is 3.40. The molecule has 0 amide bonds. The lowest BCUT2D eigenvalue weighted by molar-refractivity contribution is 1.08. The smallest absolute Gasteiger partial charge is 0.164 e. The van der Waals surface area contributed by atoms with Gasteiger partial charge in [0, 0.05) is 35.6 Å². The van der Waals surface area contributed by atoms with E-state index in [1.54, 1.807) is 18.5 Å². The monoisotopic (exact) mass is 330 g/mol. The molecule has 110 valence electrons. The molecule has 6 heteroatoms. The van der Waals surface area contributed by atoms with Gasteiger partial charge in [0.2, 0.25) is 0 Å². The molecule has 2 aromatic heterocycles. The Kier molecular flexibility index (Phi) is 4.51. The largest absolute Gasteiger partial charge is 0.366 e. The summed E-state index contributed by atoms with van der Waals surface area (Å²) in [6.45, 7) is 0.555. The van der Waals surface area contributed by atoms with Gasteiger partial charge in [0.25, 0.3) is 0 Å². The van der Waals surface area contributed by atoms with E-state index in [0.29, 0.717) is 28.4 Å². The summed E-state index contributed by atoms with van der Waals surface area (Å²) in [7, 11) is 0. The van der Waals surface area contributed by atoms with Crippen molar-refractivity contribution >= 4 is 29.0 Å². The van der Waals surface area contributed by atoms with Gasteiger partial charge in [-0.2, -0.15) is 0 Å². The lowest BCUT2D eigenvalue weighted by Gasteiger charge is -2.09. The van der Waals surface area contributed by atoms with Crippen LogP contribution >= 0.6 is 23.2 Å². The highest BCUT2D eigenvalue weighted by atomic mass is 35.5. The second-order valence-electron chi connectivity index (χ2n) is 4.59. The first kappa shape index (κ1) is 14.8. The molecule has 1 aromatic carbocycles. The number of nitrogens with one attached hydrogen (secondary N) is 1. The third kappa shape index (κ3) is 3.53. The highest BCUT2D eigenvalue weighted by molar-refractivity contribution is 6.31. The fourth-order valence-electron chi connectivity index (χ4n) is 1.96. The van der Waals surface area contributed by atoms with Crippen LogP contribution in [0, 0.1) is 0 Å². The van der Waals surface area contributed by atoms with E-state index in [4.69, 9.17) is 23.2 Å². The van der Waals surface area contributed by atoms with Crippen LogP contribution in [0.3, 0.4) is 0 Å². The van der Waals surface area contributed by atoms with Gasteiger partial charge in [0.05, 0.1) is 0 Å². The van der Waals surface area contributed by atoms with Gasteiger partial charge in [0.15, 0.2) is 5.82 Å². The standard InChI is InChI=1S/C16H12Cl2N4/c17-13-6-2-1-4-11(13)10-20-15-8-14(18)21-16(22-15)12-5-3-7-19-9-12/h1-9H,10H2,(H,20,21,22). The topological polar surface area (TPSA) is 50.7 Å². The third-order valence-corrected chi connectivity index (χ3v) is 3.59. The highest BCUT2D eigenvalue weighted by Crippen LogP contribution is 2.21. The van der Waals surface area contributed by atoms with Crippen LogP contribution < -0.4 is 5.32 Å². The van der Waals surface area contributed by atoms with Gasteiger partial charge >= 0.3 is 0 Å². The second-order valence-corrected chi connectivity index (χ2v) is 5.38. The molecular weight excluding hydrogens is 319 g/mol. The maximum absolute atomic E-state index is 6.14. The molecule has 0 bridgehead atoms. The number of benzene rings is 1. The SMILES string of the molecule is Clc1cc(NCc2ccccc2Cl)nc(-c2cccnc2)n1. The van der Waals surface area contributed by atoms with Crippen LogP contribution in [0.2, 0.25) is 10.2 Å². The fraction of sp³-hybridized carbons (Fsp3) is 0.0625. The summed E-state index contributed by atoms with van der Waals surface area (Å²) in [6, 6.07) is 13.0. The van der Waals surface area contributed by atoms with Gasteiger partial charge in [-0.3, -0.25) is 4.98 Å². The second kappa shape index (κ2) is 6.73. The average Bonchev–Trinajstić information content (AvgIpc) is 2.54. The van der Waals surface area contributed by atoms with E-state index in [9.17, 15) is 0 Å². The van der Waals surface area contributed by atoms with Gasteiger partial charge < -0.3 is 5.32 Å². The maximum atomic E-state index is 6.14. The first-order valence-electron chi connectivity index (χ1n) is 6.64. The zero-order valence-electron chi connectivity index (χ0n) is 11.5. The molecule has 0 aliphatic heterocycles. The number of hydrogen-bond donors (Lipinski definition) is 1. The predicted octanol–water partition coefficient (Wildman–Crippen LogP) is 4.46. The van der Waals surface area contributed by atoms with E-state index in [-0.39, 0.29) is 0 Å². The van der Waals surface area contributed by atoms with Crippen molar-refractivity contribution in [1.82, 2.24) is 15.0 Å². The van der Waals surface area contributed by atoms with Crippen molar-refractivity contribution in [3.05, 3.63) is 70.6 Å². The lowest BCUT2D eigenvalue weighted by atomic mass is 10.2. The predicted molar refractivity (Wildman–Crippen MR) is 89.1 cm³/mol. The van der Waals surface area contributed by atoms with E-state index in [2.05, 4.69) is 20.3 Å². The summed E-state index contributed by atoms with van der Waals surface area (Å²) in [5, 5.41) is 4.29. The Labute approximate surface area is 138 Å². The van der Waals surface area contributed by atoms with E-state index >= 15 is 0 Å². The fourth-order valence-corrected chi connectivity index (χ4v) is 2.35. The van der Waals surface area contributed by atoms with Crippen LogP contribution in [0.5, 0.6) is 0 Å².